The molecule has 0 saturated heterocycles. The van der Waals surface area contributed by atoms with Gasteiger partial charge < -0.3 is 5.32 Å². The first kappa shape index (κ1) is 17.2. The number of alkyl halides is 3. The van der Waals surface area contributed by atoms with Crippen molar-refractivity contribution in [1.29, 1.82) is 0 Å². The molecule has 0 spiro atoms. The number of aryl methyl sites for hydroxylation is 1. The molecule has 1 saturated carbocycles. The van der Waals surface area contributed by atoms with E-state index in [-0.39, 0.29) is 24.1 Å². The lowest BCUT2D eigenvalue weighted by Crippen LogP contribution is -2.47. The van der Waals surface area contributed by atoms with Crippen LogP contribution < -0.4 is 5.32 Å². The zero-order valence-electron chi connectivity index (χ0n) is 12.5. The number of nitro benzene ring substituents is 1. The van der Waals surface area contributed by atoms with Gasteiger partial charge in [-0.05, 0) is 25.8 Å². The van der Waals surface area contributed by atoms with E-state index in [2.05, 4.69) is 5.32 Å². The fraction of sp³-hybridized carbons (Fsp3) is 0.533. The van der Waals surface area contributed by atoms with Crippen LogP contribution in [0, 0.1) is 23.0 Å². The van der Waals surface area contributed by atoms with Gasteiger partial charge in [0.2, 0.25) is 0 Å². The van der Waals surface area contributed by atoms with E-state index in [1.165, 1.54) is 19.1 Å². The number of benzene rings is 1. The molecule has 1 N–H and O–H groups in total. The summed E-state index contributed by atoms with van der Waals surface area (Å²) in [6.45, 7) is 1.53. The fourth-order valence-corrected chi connectivity index (χ4v) is 2.89. The number of carbonyl (C=O) groups is 1. The highest BCUT2D eigenvalue weighted by Crippen LogP contribution is 2.37. The number of rotatable bonds is 3. The molecule has 1 aliphatic carbocycles. The van der Waals surface area contributed by atoms with Crippen LogP contribution in [0.4, 0.5) is 18.9 Å². The third-order valence-corrected chi connectivity index (χ3v) is 4.17. The Balaban J connectivity index is 2.17. The van der Waals surface area contributed by atoms with Gasteiger partial charge in [0.1, 0.15) is 0 Å². The van der Waals surface area contributed by atoms with Crippen molar-refractivity contribution >= 4 is 11.6 Å². The Kier molecular flexibility index (Phi) is 4.91. The van der Waals surface area contributed by atoms with E-state index in [4.69, 9.17) is 0 Å². The average Bonchev–Trinajstić information content (AvgIpc) is 2.46. The van der Waals surface area contributed by atoms with E-state index >= 15 is 0 Å². The molecule has 5 nitrogen and oxygen atoms in total. The third-order valence-electron chi connectivity index (χ3n) is 4.17. The lowest BCUT2D eigenvalue weighted by Gasteiger charge is -2.33. The molecule has 8 heteroatoms. The van der Waals surface area contributed by atoms with Gasteiger partial charge >= 0.3 is 6.18 Å². The molecule has 23 heavy (non-hydrogen) atoms. The molecule has 0 bridgehead atoms. The summed E-state index contributed by atoms with van der Waals surface area (Å²) in [5.41, 5.74) is 0.153. The lowest BCUT2D eigenvalue weighted by molar-refractivity contribution is -0.385. The Morgan fingerprint density at radius 3 is 2.57 bits per heavy atom. The predicted octanol–water partition coefficient (Wildman–Crippen LogP) is 3.75. The maximum absolute atomic E-state index is 13.0. The van der Waals surface area contributed by atoms with Gasteiger partial charge in [-0.2, -0.15) is 13.2 Å². The third kappa shape index (κ3) is 4.00. The fourth-order valence-electron chi connectivity index (χ4n) is 2.89. The topological polar surface area (TPSA) is 72.2 Å². The molecule has 0 radical (unpaired) electrons. The van der Waals surface area contributed by atoms with Crippen LogP contribution in [0.25, 0.3) is 0 Å². The highest BCUT2D eigenvalue weighted by molar-refractivity contribution is 5.95. The van der Waals surface area contributed by atoms with E-state index < -0.39 is 29.0 Å². The van der Waals surface area contributed by atoms with Crippen LogP contribution in [-0.2, 0) is 0 Å². The number of halogens is 3. The zero-order valence-corrected chi connectivity index (χ0v) is 12.5. The second kappa shape index (κ2) is 6.55. The smallest absolute Gasteiger partial charge is 0.349 e. The minimum atomic E-state index is -4.36. The zero-order chi connectivity index (χ0) is 17.2. The Morgan fingerprint density at radius 1 is 1.30 bits per heavy atom. The van der Waals surface area contributed by atoms with Gasteiger partial charge in [-0.1, -0.05) is 18.9 Å². The molecule has 1 aliphatic rings. The molecule has 1 aromatic rings. The van der Waals surface area contributed by atoms with Crippen LogP contribution in [0.1, 0.15) is 41.6 Å². The molecule has 2 atom stereocenters. The van der Waals surface area contributed by atoms with E-state index in [9.17, 15) is 28.1 Å². The van der Waals surface area contributed by atoms with Crippen LogP contribution in [0.15, 0.2) is 18.2 Å². The molecule has 0 aromatic heterocycles. The van der Waals surface area contributed by atoms with Crippen molar-refractivity contribution in [2.75, 3.05) is 0 Å². The molecular formula is C15H17F3N2O3. The number of nitrogens with one attached hydrogen (secondary N) is 1. The summed E-state index contributed by atoms with van der Waals surface area (Å²) in [6, 6.07) is 2.89. The van der Waals surface area contributed by atoms with Gasteiger partial charge in [0.05, 0.1) is 10.8 Å². The second-order valence-corrected chi connectivity index (χ2v) is 5.77. The Labute approximate surface area is 131 Å². The monoisotopic (exact) mass is 330 g/mol. The normalized spacial score (nSPS) is 21.7. The first-order valence-electron chi connectivity index (χ1n) is 7.33. The van der Waals surface area contributed by atoms with Gasteiger partial charge in [0, 0.05) is 23.2 Å². The maximum Gasteiger partial charge on any atom is 0.393 e. The highest BCUT2D eigenvalue weighted by Gasteiger charge is 2.46. The van der Waals surface area contributed by atoms with E-state index in [1.54, 1.807) is 0 Å². The SMILES string of the molecule is Cc1ccc(C(=O)N[C@@H]2CCCC[C@@H]2C(F)(F)F)cc1[N+](=O)[O-]. The Bertz CT molecular complexity index is 616. The summed E-state index contributed by atoms with van der Waals surface area (Å²) in [4.78, 5) is 22.4. The predicted molar refractivity (Wildman–Crippen MR) is 77.1 cm³/mol. The van der Waals surface area contributed by atoms with Gasteiger partial charge in [0.15, 0.2) is 0 Å². The standard InChI is InChI=1S/C15H17F3N2O3/c1-9-6-7-10(8-13(9)20(22)23)14(21)19-12-5-3-2-4-11(12)15(16,17)18/h6-8,11-12H,2-5H2,1H3,(H,19,21)/t11-,12+/m0/s1. The van der Waals surface area contributed by atoms with Crippen LogP contribution >= 0.6 is 0 Å². The molecule has 1 amide bonds. The highest BCUT2D eigenvalue weighted by atomic mass is 19.4. The van der Waals surface area contributed by atoms with Gasteiger partial charge in [-0.25, -0.2) is 0 Å². The van der Waals surface area contributed by atoms with Crippen LogP contribution in [0.3, 0.4) is 0 Å². The molecule has 0 aliphatic heterocycles. The van der Waals surface area contributed by atoms with Gasteiger partial charge in [-0.15, -0.1) is 0 Å². The lowest BCUT2D eigenvalue weighted by atomic mass is 9.84. The van der Waals surface area contributed by atoms with Crippen molar-refractivity contribution in [3.8, 4) is 0 Å². The maximum atomic E-state index is 13.0. The molecule has 0 unspecified atom stereocenters. The number of amides is 1. The molecule has 0 heterocycles. The first-order chi connectivity index (χ1) is 10.7. The summed E-state index contributed by atoms with van der Waals surface area (Å²) in [5.74, 6) is -2.28. The molecule has 1 aromatic carbocycles. The summed E-state index contributed by atoms with van der Waals surface area (Å²) in [6.07, 6.45) is -3.03. The van der Waals surface area contributed by atoms with Crippen molar-refractivity contribution < 1.29 is 22.9 Å². The summed E-state index contributed by atoms with van der Waals surface area (Å²) >= 11 is 0. The summed E-state index contributed by atoms with van der Waals surface area (Å²) in [5, 5.41) is 13.3. The van der Waals surface area contributed by atoms with Crippen LogP contribution in [0.2, 0.25) is 0 Å². The summed E-state index contributed by atoms with van der Waals surface area (Å²) in [7, 11) is 0. The summed E-state index contributed by atoms with van der Waals surface area (Å²) < 4.78 is 39.1. The second-order valence-electron chi connectivity index (χ2n) is 5.77. The molecule has 1 fully saturated rings. The van der Waals surface area contributed by atoms with Crippen LogP contribution in [0.5, 0.6) is 0 Å². The van der Waals surface area contributed by atoms with Crippen LogP contribution in [-0.4, -0.2) is 23.0 Å². The number of nitro groups is 1. The van der Waals surface area contributed by atoms with E-state index in [1.807, 2.05) is 0 Å². The Hall–Kier alpha value is -2.12. The average molecular weight is 330 g/mol. The molecular weight excluding hydrogens is 313 g/mol. The number of hydrogen-bond acceptors (Lipinski definition) is 3. The quantitative estimate of drug-likeness (QED) is 0.677. The van der Waals surface area contributed by atoms with Gasteiger partial charge in [-0.3, -0.25) is 14.9 Å². The van der Waals surface area contributed by atoms with E-state index in [0.29, 0.717) is 18.4 Å². The largest absolute Gasteiger partial charge is 0.393 e. The van der Waals surface area contributed by atoms with Crippen molar-refractivity contribution in [2.45, 2.75) is 44.8 Å². The van der Waals surface area contributed by atoms with Crippen molar-refractivity contribution in [1.82, 2.24) is 5.32 Å². The van der Waals surface area contributed by atoms with Crippen molar-refractivity contribution in [3.63, 3.8) is 0 Å². The van der Waals surface area contributed by atoms with Crippen molar-refractivity contribution in [3.05, 3.63) is 39.4 Å². The Morgan fingerprint density at radius 2 is 1.96 bits per heavy atom. The van der Waals surface area contributed by atoms with E-state index in [0.717, 1.165) is 6.07 Å². The first-order valence-corrected chi connectivity index (χ1v) is 7.33. The minimum absolute atomic E-state index is 0.00574. The minimum Gasteiger partial charge on any atom is -0.349 e. The number of hydrogen-bond donors (Lipinski definition) is 1. The van der Waals surface area contributed by atoms with Crippen molar-refractivity contribution in [2.24, 2.45) is 5.92 Å². The molecule has 2 rings (SSSR count). The molecule has 126 valence electrons. The number of carbonyl (C=O) groups excluding carboxylic acids is 1. The number of nitrogens with zero attached hydrogens (tertiary/aromatic N) is 1. The van der Waals surface area contributed by atoms with Gasteiger partial charge in [0.25, 0.3) is 11.6 Å².